The van der Waals surface area contributed by atoms with Crippen LogP contribution < -0.4 is 5.32 Å². The summed E-state index contributed by atoms with van der Waals surface area (Å²) in [6.45, 7) is 8.74. The van der Waals surface area contributed by atoms with Crippen molar-refractivity contribution in [1.29, 1.82) is 0 Å². The summed E-state index contributed by atoms with van der Waals surface area (Å²) in [7, 11) is 0. The average molecular weight is 252 g/mol. The van der Waals surface area contributed by atoms with Crippen LogP contribution in [0.4, 0.5) is 0 Å². The van der Waals surface area contributed by atoms with Gasteiger partial charge in [0.05, 0.1) is 0 Å². The van der Waals surface area contributed by atoms with Crippen molar-refractivity contribution in [3.8, 4) is 0 Å². The lowest BCUT2D eigenvalue weighted by molar-refractivity contribution is 0.438. The van der Waals surface area contributed by atoms with Gasteiger partial charge in [0.2, 0.25) is 0 Å². The first-order valence-electron chi connectivity index (χ1n) is 7.41. The summed E-state index contributed by atoms with van der Waals surface area (Å²) in [6.07, 6.45) is 8.68. The Hall–Kier alpha value is -0.900. The Kier molecular flexibility index (Phi) is 7.65. The van der Waals surface area contributed by atoms with Crippen molar-refractivity contribution in [3.63, 3.8) is 0 Å². The molecule has 4 heteroatoms. The molecule has 0 fully saturated rings. The summed E-state index contributed by atoms with van der Waals surface area (Å²) in [5.41, 5.74) is 0. The lowest BCUT2D eigenvalue weighted by Crippen LogP contribution is -2.30. The van der Waals surface area contributed by atoms with Gasteiger partial charge in [-0.25, -0.2) is 4.98 Å². The molecule has 1 unspecified atom stereocenters. The third-order valence-electron chi connectivity index (χ3n) is 3.17. The summed E-state index contributed by atoms with van der Waals surface area (Å²) >= 11 is 0. The van der Waals surface area contributed by atoms with Gasteiger partial charge in [0.1, 0.15) is 12.2 Å². The van der Waals surface area contributed by atoms with E-state index in [4.69, 9.17) is 0 Å². The monoisotopic (exact) mass is 252 g/mol. The number of nitrogens with zero attached hydrogens (tertiary/aromatic N) is 3. The Morgan fingerprint density at radius 1 is 1.17 bits per heavy atom. The molecular formula is C14H28N4. The van der Waals surface area contributed by atoms with E-state index in [-0.39, 0.29) is 0 Å². The maximum Gasteiger partial charge on any atom is 0.138 e. The SMILES string of the molecule is CCCNC(CCC)CCc1ncnn1CCC. The molecule has 0 saturated heterocycles. The Morgan fingerprint density at radius 3 is 2.67 bits per heavy atom. The topological polar surface area (TPSA) is 42.7 Å². The molecule has 0 saturated carbocycles. The molecule has 0 spiro atoms. The Balaban J connectivity index is 2.42. The van der Waals surface area contributed by atoms with Crippen molar-refractivity contribution >= 4 is 0 Å². The van der Waals surface area contributed by atoms with Crippen molar-refractivity contribution in [2.75, 3.05) is 6.54 Å². The van der Waals surface area contributed by atoms with Crippen molar-refractivity contribution in [2.24, 2.45) is 0 Å². The van der Waals surface area contributed by atoms with Gasteiger partial charge in [0.25, 0.3) is 0 Å². The van der Waals surface area contributed by atoms with Crippen LogP contribution in [0.2, 0.25) is 0 Å². The molecule has 0 aliphatic heterocycles. The summed E-state index contributed by atoms with van der Waals surface area (Å²) in [6, 6.07) is 0.627. The quantitative estimate of drug-likeness (QED) is 0.696. The smallest absolute Gasteiger partial charge is 0.138 e. The van der Waals surface area contributed by atoms with Crippen LogP contribution in [0.25, 0.3) is 0 Å². The lowest BCUT2D eigenvalue weighted by Gasteiger charge is -2.17. The van der Waals surface area contributed by atoms with Crippen LogP contribution in [-0.2, 0) is 13.0 Å². The molecule has 104 valence electrons. The molecule has 0 radical (unpaired) electrons. The van der Waals surface area contributed by atoms with Gasteiger partial charge in [-0.1, -0.05) is 27.2 Å². The minimum atomic E-state index is 0.627. The predicted molar refractivity (Wildman–Crippen MR) is 75.6 cm³/mol. The normalized spacial score (nSPS) is 12.8. The van der Waals surface area contributed by atoms with Crippen LogP contribution in [0.15, 0.2) is 6.33 Å². The van der Waals surface area contributed by atoms with Crippen LogP contribution in [0.5, 0.6) is 0 Å². The van der Waals surface area contributed by atoms with Crippen molar-refractivity contribution in [3.05, 3.63) is 12.2 Å². The molecule has 0 amide bonds. The predicted octanol–water partition coefficient (Wildman–Crippen LogP) is 2.79. The van der Waals surface area contributed by atoms with E-state index >= 15 is 0 Å². The molecule has 1 rings (SSSR count). The standard InChI is InChI=1S/C14H28N4/c1-4-7-13(15-10-5-2)8-9-14-16-12-17-18(14)11-6-3/h12-13,15H,4-11H2,1-3H3. The third kappa shape index (κ3) is 5.17. The highest BCUT2D eigenvalue weighted by Gasteiger charge is 2.09. The maximum atomic E-state index is 4.37. The number of hydrogen-bond donors (Lipinski definition) is 1. The number of hydrogen-bond acceptors (Lipinski definition) is 3. The van der Waals surface area contributed by atoms with Gasteiger partial charge >= 0.3 is 0 Å². The maximum absolute atomic E-state index is 4.37. The minimum Gasteiger partial charge on any atom is -0.314 e. The molecule has 1 N–H and O–H groups in total. The summed E-state index contributed by atoms with van der Waals surface area (Å²) in [5.74, 6) is 1.14. The average Bonchev–Trinajstić information content (AvgIpc) is 2.81. The van der Waals surface area contributed by atoms with E-state index in [2.05, 4.69) is 36.2 Å². The van der Waals surface area contributed by atoms with Gasteiger partial charge in [-0.05, 0) is 32.2 Å². The minimum absolute atomic E-state index is 0.627. The van der Waals surface area contributed by atoms with Gasteiger partial charge in [0, 0.05) is 19.0 Å². The van der Waals surface area contributed by atoms with E-state index in [9.17, 15) is 0 Å². The zero-order valence-corrected chi connectivity index (χ0v) is 12.2. The first-order valence-corrected chi connectivity index (χ1v) is 7.41. The van der Waals surface area contributed by atoms with E-state index in [0.717, 1.165) is 38.2 Å². The molecule has 18 heavy (non-hydrogen) atoms. The van der Waals surface area contributed by atoms with Crippen LogP contribution in [0.1, 0.15) is 58.7 Å². The second-order valence-corrected chi connectivity index (χ2v) is 4.88. The van der Waals surface area contributed by atoms with Crippen molar-refractivity contribution < 1.29 is 0 Å². The number of aromatic nitrogens is 3. The molecular weight excluding hydrogens is 224 g/mol. The van der Waals surface area contributed by atoms with E-state index in [0.29, 0.717) is 6.04 Å². The fraction of sp³-hybridized carbons (Fsp3) is 0.857. The zero-order valence-electron chi connectivity index (χ0n) is 12.2. The van der Waals surface area contributed by atoms with Gasteiger partial charge in [-0.15, -0.1) is 0 Å². The van der Waals surface area contributed by atoms with E-state index < -0.39 is 0 Å². The molecule has 1 aromatic rings. The molecule has 0 aliphatic carbocycles. The van der Waals surface area contributed by atoms with Gasteiger partial charge in [-0.2, -0.15) is 5.10 Å². The fourth-order valence-electron chi connectivity index (χ4n) is 2.23. The highest BCUT2D eigenvalue weighted by Crippen LogP contribution is 2.07. The van der Waals surface area contributed by atoms with E-state index in [1.165, 1.54) is 19.3 Å². The second-order valence-electron chi connectivity index (χ2n) is 4.88. The molecule has 4 nitrogen and oxygen atoms in total. The third-order valence-corrected chi connectivity index (χ3v) is 3.17. The molecule has 1 atom stereocenters. The van der Waals surface area contributed by atoms with Gasteiger partial charge < -0.3 is 5.32 Å². The van der Waals surface area contributed by atoms with Gasteiger partial charge in [0.15, 0.2) is 0 Å². The summed E-state index contributed by atoms with van der Waals surface area (Å²) in [5, 5.41) is 7.90. The first-order chi connectivity index (χ1) is 8.81. The second kappa shape index (κ2) is 9.09. The van der Waals surface area contributed by atoms with Gasteiger partial charge in [-0.3, -0.25) is 4.68 Å². The van der Waals surface area contributed by atoms with E-state index in [1.54, 1.807) is 6.33 Å². The zero-order chi connectivity index (χ0) is 13.2. The number of rotatable bonds is 10. The van der Waals surface area contributed by atoms with Crippen LogP contribution in [0, 0.1) is 0 Å². The molecule has 0 aliphatic rings. The molecule has 1 aromatic heterocycles. The molecule has 0 aromatic carbocycles. The number of aryl methyl sites for hydroxylation is 2. The summed E-state index contributed by atoms with van der Waals surface area (Å²) < 4.78 is 2.04. The highest BCUT2D eigenvalue weighted by atomic mass is 15.3. The van der Waals surface area contributed by atoms with Crippen LogP contribution >= 0.6 is 0 Å². The molecule has 0 bridgehead atoms. The lowest BCUT2D eigenvalue weighted by atomic mass is 10.1. The fourth-order valence-corrected chi connectivity index (χ4v) is 2.23. The molecule has 1 heterocycles. The first kappa shape index (κ1) is 15.2. The van der Waals surface area contributed by atoms with Crippen molar-refractivity contribution in [2.45, 2.75) is 71.9 Å². The van der Waals surface area contributed by atoms with Crippen molar-refractivity contribution in [1.82, 2.24) is 20.1 Å². The van der Waals surface area contributed by atoms with Crippen LogP contribution in [-0.4, -0.2) is 27.4 Å². The number of nitrogens with one attached hydrogen (secondary N) is 1. The van der Waals surface area contributed by atoms with E-state index in [1.807, 2.05) is 4.68 Å². The summed E-state index contributed by atoms with van der Waals surface area (Å²) in [4.78, 5) is 4.37. The Labute approximate surface area is 111 Å². The largest absolute Gasteiger partial charge is 0.314 e. The Morgan fingerprint density at radius 2 is 2.00 bits per heavy atom. The highest BCUT2D eigenvalue weighted by molar-refractivity contribution is 4.86. The van der Waals surface area contributed by atoms with Crippen LogP contribution in [0.3, 0.4) is 0 Å². The Bertz CT molecular complexity index is 308.